The lowest BCUT2D eigenvalue weighted by Crippen LogP contribution is -2.40. The molecule has 1 heterocycles. The zero-order chi connectivity index (χ0) is 19.8. The van der Waals surface area contributed by atoms with E-state index in [2.05, 4.69) is 20.3 Å². The molecule has 1 fully saturated rings. The molecule has 0 spiro atoms. The van der Waals surface area contributed by atoms with Crippen LogP contribution in [0.15, 0.2) is 23.4 Å². The average Bonchev–Trinajstić information content (AvgIpc) is 3.40. The van der Waals surface area contributed by atoms with Crippen molar-refractivity contribution in [2.45, 2.75) is 23.9 Å². The van der Waals surface area contributed by atoms with Crippen molar-refractivity contribution in [3.8, 4) is 0 Å². The highest BCUT2D eigenvalue weighted by Crippen LogP contribution is 2.38. The molecule has 1 aliphatic carbocycles. The van der Waals surface area contributed by atoms with Crippen LogP contribution in [0.3, 0.4) is 0 Å². The Bertz CT molecular complexity index is 1000. The fourth-order valence-electron chi connectivity index (χ4n) is 2.17. The van der Waals surface area contributed by atoms with Gasteiger partial charge in [0.2, 0.25) is 5.95 Å². The van der Waals surface area contributed by atoms with Gasteiger partial charge < -0.3 is 0 Å². The third-order valence-electron chi connectivity index (χ3n) is 3.52. The predicted molar refractivity (Wildman–Crippen MR) is 103 cm³/mol. The Morgan fingerprint density at radius 3 is 2.56 bits per heavy atom. The van der Waals surface area contributed by atoms with E-state index in [-0.39, 0.29) is 31.9 Å². The normalized spacial score (nSPS) is 14.1. The first-order chi connectivity index (χ1) is 12.7. The molecular weight excluding hydrogens is 437 g/mol. The lowest BCUT2D eigenvalue weighted by molar-refractivity contribution is 0.259. The van der Waals surface area contributed by atoms with Crippen molar-refractivity contribution >= 4 is 62.9 Å². The highest BCUT2D eigenvalue weighted by atomic mass is 35.5. The minimum Gasteiger partial charge on any atom is -0.275 e. The van der Waals surface area contributed by atoms with Gasteiger partial charge in [0.25, 0.3) is 0 Å². The molecule has 1 aliphatic rings. The summed E-state index contributed by atoms with van der Waals surface area (Å²) < 4.78 is 33.2. The first kappa shape index (κ1) is 20.1. The predicted octanol–water partition coefficient (Wildman–Crippen LogP) is 3.62. The van der Waals surface area contributed by atoms with Crippen molar-refractivity contribution in [1.82, 2.24) is 15.0 Å². The summed E-state index contributed by atoms with van der Waals surface area (Å²) in [5, 5.41) is 2.73. The number of carbonyl (C=O) groups is 1. The maximum Gasteiger partial charge on any atom is 0.368 e. The summed E-state index contributed by atoms with van der Waals surface area (Å²) in [4.78, 5) is 25.0. The number of anilines is 2. The van der Waals surface area contributed by atoms with E-state index in [1.54, 1.807) is 6.26 Å². The van der Waals surface area contributed by atoms with E-state index in [4.69, 9.17) is 23.2 Å². The molecule has 9 nitrogen and oxygen atoms in total. The molecule has 1 aromatic heterocycles. The summed E-state index contributed by atoms with van der Waals surface area (Å²) in [6.07, 6.45) is 3.63. The van der Waals surface area contributed by atoms with Gasteiger partial charge in [-0.05, 0) is 37.3 Å². The average molecular weight is 450 g/mol. The minimum atomic E-state index is -4.99. The van der Waals surface area contributed by atoms with Crippen LogP contribution in [-0.2, 0) is 10.3 Å². The second kappa shape index (κ2) is 7.76. The highest BCUT2D eigenvalue weighted by molar-refractivity contribution is 7.98. The molecule has 0 radical (unpaired) electrons. The van der Waals surface area contributed by atoms with Crippen molar-refractivity contribution in [2.75, 3.05) is 15.9 Å². The van der Waals surface area contributed by atoms with Crippen LogP contribution in [0.25, 0.3) is 0 Å². The van der Waals surface area contributed by atoms with Crippen LogP contribution in [0, 0.1) is 0 Å². The maximum absolute atomic E-state index is 12.6. The summed E-state index contributed by atoms with van der Waals surface area (Å²) in [7, 11) is -4.99. The van der Waals surface area contributed by atoms with Gasteiger partial charge in [-0.15, -0.1) is 0 Å². The number of benzene rings is 1. The van der Waals surface area contributed by atoms with Gasteiger partial charge in [-0.25, -0.2) is 9.78 Å². The lowest BCUT2D eigenvalue weighted by atomic mass is 10.3. The molecule has 27 heavy (non-hydrogen) atoms. The second-order valence-corrected chi connectivity index (χ2v) is 8.42. The SMILES string of the molecule is CSc1nc(NC(=O)N(c2ccc(Cl)cc2Cl)S(=O)(=O)O)nc(C2CC2)n1. The van der Waals surface area contributed by atoms with Crippen molar-refractivity contribution in [1.29, 1.82) is 0 Å². The standard InChI is InChI=1S/C14H13Cl2N5O4S2/c1-26-13-18-11(7-2-3-7)17-12(19-13)20-14(22)21(27(23,24)25)10-5-4-8(15)6-9(10)16/h4-7H,2-3H2,1H3,(H,23,24,25)(H,17,18,19,20,22). The third-order valence-corrected chi connectivity index (χ3v) is 5.43. The van der Waals surface area contributed by atoms with Crippen molar-refractivity contribution in [3.63, 3.8) is 0 Å². The zero-order valence-corrected chi connectivity index (χ0v) is 16.9. The number of hydrogen-bond donors (Lipinski definition) is 2. The van der Waals surface area contributed by atoms with Crippen LogP contribution < -0.4 is 9.62 Å². The molecule has 1 saturated carbocycles. The molecule has 0 bridgehead atoms. The Morgan fingerprint density at radius 2 is 2.00 bits per heavy atom. The zero-order valence-electron chi connectivity index (χ0n) is 13.8. The van der Waals surface area contributed by atoms with E-state index in [0.29, 0.717) is 11.0 Å². The van der Waals surface area contributed by atoms with Gasteiger partial charge in [0.1, 0.15) is 5.82 Å². The van der Waals surface area contributed by atoms with Gasteiger partial charge >= 0.3 is 16.3 Å². The van der Waals surface area contributed by atoms with Gasteiger partial charge in [-0.3, -0.25) is 9.87 Å². The van der Waals surface area contributed by atoms with E-state index in [1.165, 1.54) is 30.0 Å². The summed E-state index contributed by atoms with van der Waals surface area (Å²) >= 11 is 13.0. The van der Waals surface area contributed by atoms with E-state index in [0.717, 1.165) is 12.8 Å². The van der Waals surface area contributed by atoms with Crippen LogP contribution in [0.1, 0.15) is 24.6 Å². The number of aromatic nitrogens is 3. The number of carbonyl (C=O) groups excluding carboxylic acids is 1. The number of nitrogens with zero attached hydrogens (tertiary/aromatic N) is 4. The maximum atomic E-state index is 12.6. The molecule has 1 aromatic carbocycles. The lowest BCUT2D eigenvalue weighted by Gasteiger charge is -2.20. The Hall–Kier alpha value is -1.66. The number of thioether (sulfide) groups is 1. The molecule has 2 aromatic rings. The molecular formula is C14H13Cl2N5O4S2. The molecule has 3 rings (SSSR count). The number of nitrogens with one attached hydrogen (secondary N) is 1. The minimum absolute atomic E-state index is 0.102. The molecule has 13 heteroatoms. The van der Waals surface area contributed by atoms with Crippen LogP contribution in [0.5, 0.6) is 0 Å². The van der Waals surface area contributed by atoms with E-state index in [1.807, 2.05) is 0 Å². The fourth-order valence-corrected chi connectivity index (χ4v) is 3.74. The van der Waals surface area contributed by atoms with E-state index >= 15 is 0 Å². The summed E-state index contributed by atoms with van der Waals surface area (Å²) in [6.45, 7) is 0. The second-order valence-electron chi connectivity index (χ2n) is 5.55. The topological polar surface area (TPSA) is 125 Å². The van der Waals surface area contributed by atoms with Gasteiger partial charge in [0.15, 0.2) is 5.16 Å². The third kappa shape index (κ3) is 4.79. The molecule has 0 aliphatic heterocycles. The van der Waals surface area contributed by atoms with E-state index < -0.39 is 16.3 Å². The van der Waals surface area contributed by atoms with Crippen LogP contribution in [0.2, 0.25) is 10.0 Å². The Labute approximate surface area is 169 Å². The van der Waals surface area contributed by atoms with Crippen LogP contribution >= 0.6 is 35.0 Å². The highest BCUT2D eigenvalue weighted by Gasteiger charge is 2.32. The summed E-state index contributed by atoms with van der Waals surface area (Å²) in [6, 6.07) is 2.55. The Balaban J connectivity index is 1.95. The molecule has 0 atom stereocenters. The van der Waals surface area contributed by atoms with Crippen LogP contribution in [-0.4, -0.2) is 40.2 Å². The smallest absolute Gasteiger partial charge is 0.275 e. The molecule has 0 unspecified atom stereocenters. The number of halogens is 2. The van der Waals surface area contributed by atoms with Gasteiger partial charge in [0, 0.05) is 10.9 Å². The number of rotatable bonds is 5. The van der Waals surface area contributed by atoms with E-state index in [9.17, 15) is 17.8 Å². The van der Waals surface area contributed by atoms with Crippen molar-refractivity contribution in [3.05, 3.63) is 34.1 Å². The van der Waals surface area contributed by atoms with Gasteiger partial charge in [-0.1, -0.05) is 35.0 Å². The Morgan fingerprint density at radius 1 is 1.30 bits per heavy atom. The van der Waals surface area contributed by atoms with Gasteiger partial charge in [0.05, 0.1) is 10.7 Å². The van der Waals surface area contributed by atoms with Crippen molar-refractivity contribution < 1.29 is 17.8 Å². The van der Waals surface area contributed by atoms with Crippen molar-refractivity contribution in [2.24, 2.45) is 0 Å². The van der Waals surface area contributed by atoms with Gasteiger partial charge in [-0.2, -0.15) is 22.7 Å². The molecule has 2 N–H and O–H groups in total. The number of hydrogen-bond acceptors (Lipinski definition) is 7. The first-order valence-electron chi connectivity index (χ1n) is 7.53. The first-order valence-corrected chi connectivity index (χ1v) is 10.9. The largest absolute Gasteiger partial charge is 0.368 e. The number of amides is 2. The molecule has 0 saturated heterocycles. The summed E-state index contributed by atoms with van der Waals surface area (Å²) in [5.74, 6) is 0.588. The Kier molecular flexibility index (Phi) is 5.77. The quantitative estimate of drug-likeness (QED) is 0.523. The summed E-state index contributed by atoms with van der Waals surface area (Å²) in [5.41, 5.74) is -0.275. The molecule has 144 valence electrons. The van der Waals surface area contributed by atoms with Crippen LogP contribution in [0.4, 0.5) is 16.4 Å². The molecule has 2 amide bonds. The number of urea groups is 1. The monoisotopic (exact) mass is 449 g/mol. The fraction of sp³-hybridized carbons (Fsp3) is 0.286.